The molecule has 1 aromatic heterocycles. The van der Waals surface area contributed by atoms with E-state index in [1.54, 1.807) is 17.6 Å². The Labute approximate surface area is 232 Å². The van der Waals surface area contributed by atoms with Crippen LogP contribution in [0.2, 0.25) is 0 Å². The summed E-state index contributed by atoms with van der Waals surface area (Å²) in [6.45, 7) is 4.88. The predicted molar refractivity (Wildman–Crippen MR) is 143 cm³/mol. The number of rotatable bonds is 14. The minimum atomic E-state index is -1.60. The van der Waals surface area contributed by atoms with Gasteiger partial charge in [-0.25, -0.2) is 23.9 Å². The van der Waals surface area contributed by atoms with Crippen molar-refractivity contribution in [3.8, 4) is 5.75 Å². The predicted octanol–water partition coefficient (Wildman–Crippen LogP) is 2.36. The quantitative estimate of drug-likeness (QED) is 0.157. The highest BCUT2D eigenvalue weighted by Gasteiger charge is 2.36. The number of carbonyl (C=O) groups excluding carboxylic acids is 1. The van der Waals surface area contributed by atoms with Gasteiger partial charge in [0.05, 0.1) is 19.6 Å². The molecular weight excluding hydrogens is 522 g/mol. The van der Waals surface area contributed by atoms with Crippen LogP contribution >= 0.6 is 0 Å². The van der Waals surface area contributed by atoms with Crippen molar-refractivity contribution < 1.29 is 28.6 Å². The van der Waals surface area contributed by atoms with Gasteiger partial charge >= 0.3 is 0 Å². The van der Waals surface area contributed by atoms with E-state index >= 15 is 0 Å². The molecule has 1 fully saturated rings. The van der Waals surface area contributed by atoms with Crippen LogP contribution in [0.15, 0.2) is 55.1 Å². The van der Waals surface area contributed by atoms with E-state index in [2.05, 4.69) is 19.9 Å². The fourth-order valence-corrected chi connectivity index (χ4v) is 4.94. The number of aromatic nitrogens is 3. The third kappa shape index (κ3) is 8.52. The number of benzene rings is 2. The van der Waals surface area contributed by atoms with Gasteiger partial charge in [-0.15, -0.1) is 0 Å². The number of unbranched alkanes of at least 4 members (excludes halogenated alkanes) is 2. The van der Waals surface area contributed by atoms with E-state index < -0.39 is 23.1 Å². The minimum absolute atomic E-state index is 0.00283. The van der Waals surface area contributed by atoms with Gasteiger partial charge in [-0.1, -0.05) is 18.2 Å². The summed E-state index contributed by atoms with van der Waals surface area (Å²) in [7, 11) is 0. The molecule has 1 saturated heterocycles. The zero-order valence-corrected chi connectivity index (χ0v) is 22.4. The van der Waals surface area contributed by atoms with Crippen LogP contribution in [0, 0.1) is 11.6 Å². The van der Waals surface area contributed by atoms with Gasteiger partial charge in [-0.3, -0.25) is 14.9 Å². The fourth-order valence-electron chi connectivity index (χ4n) is 4.94. The maximum absolute atomic E-state index is 14.7. The molecule has 1 aliphatic rings. The Morgan fingerprint density at radius 2 is 1.75 bits per heavy atom. The van der Waals surface area contributed by atoms with Crippen molar-refractivity contribution in [2.24, 2.45) is 0 Å². The molecule has 1 unspecified atom stereocenters. The number of halogens is 2. The van der Waals surface area contributed by atoms with Crippen molar-refractivity contribution in [1.29, 1.82) is 0 Å². The maximum atomic E-state index is 14.7. The highest BCUT2D eigenvalue weighted by molar-refractivity contribution is 5.77. The van der Waals surface area contributed by atoms with Crippen LogP contribution in [0.25, 0.3) is 0 Å². The van der Waals surface area contributed by atoms with Crippen molar-refractivity contribution in [1.82, 2.24) is 30.0 Å². The Morgan fingerprint density at radius 1 is 1.00 bits per heavy atom. The molecular formula is C28H36F2N6O4. The second kappa shape index (κ2) is 14.3. The molecule has 12 heteroatoms. The summed E-state index contributed by atoms with van der Waals surface area (Å²) < 4.78 is 35.5. The molecule has 3 N–H and O–H groups in total. The molecule has 0 bridgehead atoms. The first-order chi connectivity index (χ1) is 19.3. The number of carbonyl (C=O) groups is 1. The Hall–Kier alpha value is -3.45. The van der Waals surface area contributed by atoms with Crippen LogP contribution < -0.4 is 10.2 Å². The lowest BCUT2D eigenvalue weighted by atomic mass is 9.92. The van der Waals surface area contributed by atoms with Gasteiger partial charge in [-0.2, -0.15) is 5.10 Å². The third-order valence-electron chi connectivity index (χ3n) is 7.07. The number of nitrogens with zero attached hydrogens (tertiary/aromatic N) is 5. The van der Waals surface area contributed by atoms with E-state index in [1.165, 1.54) is 23.4 Å². The van der Waals surface area contributed by atoms with Gasteiger partial charge in [0.25, 0.3) is 0 Å². The van der Waals surface area contributed by atoms with Crippen LogP contribution in [0.4, 0.5) is 8.78 Å². The van der Waals surface area contributed by atoms with Gasteiger partial charge in [0.2, 0.25) is 5.91 Å². The molecule has 40 heavy (non-hydrogen) atoms. The number of β-amino-alcohol motifs (C(OH)–C–C–N with tert-alkyl or cyclic N) is 1. The molecule has 0 aliphatic carbocycles. The lowest BCUT2D eigenvalue weighted by Crippen LogP contribution is -2.52. The summed E-state index contributed by atoms with van der Waals surface area (Å²) in [6, 6.07) is 10.5. The summed E-state index contributed by atoms with van der Waals surface area (Å²) in [4.78, 5) is 19.6. The molecule has 4 rings (SSSR count). The van der Waals surface area contributed by atoms with E-state index in [9.17, 15) is 18.7 Å². The maximum Gasteiger partial charge on any atom is 0.247 e. The Morgan fingerprint density at radius 3 is 2.42 bits per heavy atom. The molecule has 1 amide bonds. The standard InChI is InChI=1S/C28H36F2N6O4/c29-23-6-9-25(26(30)17-23)28(38,19-36-21-31-20-32-36)18-35-13-11-34(12-14-35)10-2-1-3-15-40-24-7-4-22(5-8-24)16-27(37)33-39/h4-9,17,20-21,38-39H,1-3,10-16,18-19H2,(H,33,37). The first kappa shape index (κ1) is 29.5. The SMILES string of the molecule is O=C(Cc1ccc(OCCCCCN2CCN(CC(O)(Cn3cncn3)c3ccc(F)cc3F)CC2)cc1)NO. The van der Waals surface area contributed by atoms with Gasteiger partial charge < -0.3 is 14.7 Å². The number of aliphatic hydroxyl groups is 1. The zero-order valence-electron chi connectivity index (χ0n) is 22.4. The van der Waals surface area contributed by atoms with E-state index in [1.807, 2.05) is 12.1 Å². The minimum Gasteiger partial charge on any atom is -0.494 e. The van der Waals surface area contributed by atoms with E-state index in [0.717, 1.165) is 75.4 Å². The van der Waals surface area contributed by atoms with Gasteiger partial charge in [0.1, 0.15) is 35.6 Å². The van der Waals surface area contributed by atoms with Crippen LogP contribution in [0.1, 0.15) is 30.4 Å². The lowest BCUT2D eigenvalue weighted by molar-refractivity contribution is -0.128. The fraction of sp³-hybridized carbons (Fsp3) is 0.464. The molecule has 0 spiro atoms. The molecule has 216 valence electrons. The molecule has 0 saturated carbocycles. The first-order valence-corrected chi connectivity index (χ1v) is 13.4. The molecule has 3 aromatic rings. The van der Waals surface area contributed by atoms with Gasteiger partial charge in [0, 0.05) is 44.4 Å². The Bertz CT molecular complexity index is 1210. The highest BCUT2D eigenvalue weighted by Crippen LogP contribution is 2.28. The average molecular weight is 559 g/mol. The summed E-state index contributed by atoms with van der Waals surface area (Å²) in [5.41, 5.74) is 0.858. The normalized spacial score (nSPS) is 16.0. The van der Waals surface area contributed by atoms with E-state index in [0.29, 0.717) is 6.61 Å². The van der Waals surface area contributed by atoms with Gasteiger partial charge in [-0.05, 0) is 49.6 Å². The van der Waals surface area contributed by atoms with E-state index in [-0.39, 0.29) is 25.1 Å². The first-order valence-electron chi connectivity index (χ1n) is 13.4. The number of ether oxygens (including phenoxy) is 1. The molecule has 2 aromatic carbocycles. The Balaban J connectivity index is 1.17. The molecule has 0 radical (unpaired) electrons. The van der Waals surface area contributed by atoms with Crippen molar-refractivity contribution in [2.45, 2.75) is 37.8 Å². The van der Waals surface area contributed by atoms with Crippen molar-refractivity contribution in [2.75, 3.05) is 45.9 Å². The molecule has 1 aliphatic heterocycles. The number of hydroxylamine groups is 1. The van der Waals surface area contributed by atoms with E-state index in [4.69, 9.17) is 9.94 Å². The molecule has 1 atom stereocenters. The van der Waals surface area contributed by atoms with Crippen LogP contribution in [-0.4, -0.2) is 86.7 Å². The largest absolute Gasteiger partial charge is 0.494 e. The van der Waals surface area contributed by atoms with Crippen LogP contribution in [0.5, 0.6) is 5.75 Å². The zero-order chi connectivity index (χ0) is 28.4. The monoisotopic (exact) mass is 558 g/mol. The second-order valence-corrected chi connectivity index (χ2v) is 10.1. The van der Waals surface area contributed by atoms with Gasteiger partial charge in [0.15, 0.2) is 0 Å². The summed E-state index contributed by atoms with van der Waals surface area (Å²) in [5.74, 6) is -1.19. The smallest absolute Gasteiger partial charge is 0.247 e. The van der Waals surface area contributed by atoms with Crippen LogP contribution in [-0.2, 0) is 23.4 Å². The lowest BCUT2D eigenvalue weighted by Gasteiger charge is -2.39. The number of hydrogen-bond acceptors (Lipinski definition) is 8. The second-order valence-electron chi connectivity index (χ2n) is 10.1. The average Bonchev–Trinajstić information content (AvgIpc) is 3.45. The number of amides is 1. The van der Waals surface area contributed by atoms with Crippen molar-refractivity contribution in [3.05, 3.63) is 77.9 Å². The molecule has 10 nitrogen and oxygen atoms in total. The third-order valence-corrected chi connectivity index (χ3v) is 7.07. The number of piperazine rings is 1. The summed E-state index contributed by atoms with van der Waals surface area (Å²) >= 11 is 0. The summed E-state index contributed by atoms with van der Waals surface area (Å²) in [6.07, 6.45) is 5.92. The summed E-state index contributed by atoms with van der Waals surface area (Å²) in [5, 5.41) is 24.2. The van der Waals surface area contributed by atoms with Crippen molar-refractivity contribution in [3.63, 3.8) is 0 Å². The highest BCUT2D eigenvalue weighted by atomic mass is 19.1. The number of nitrogens with one attached hydrogen (secondary N) is 1. The number of hydrogen-bond donors (Lipinski definition) is 3. The Kier molecular flexibility index (Phi) is 10.5. The topological polar surface area (TPSA) is 116 Å². The van der Waals surface area contributed by atoms with Crippen molar-refractivity contribution >= 4 is 5.91 Å². The van der Waals surface area contributed by atoms with Crippen LogP contribution in [0.3, 0.4) is 0 Å². The molecule has 2 heterocycles.